The van der Waals surface area contributed by atoms with Gasteiger partial charge in [-0.25, -0.2) is 0 Å². The first-order valence-corrected chi connectivity index (χ1v) is 7.63. The molecule has 0 heterocycles. The number of hydrogen-bond acceptors (Lipinski definition) is 1. The highest BCUT2D eigenvalue weighted by atomic mass is 28.3. The molecule has 1 N–H and O–H groups in total. The van der Waals surface area contributed by atoms with E-state index in [1.165, 1.54) is 11.7 Å². The van der Waals surface area contributed by atoms with Crippen molar-refractivity contribution < 1.29 is 0 Å². The van der Waals surface area contributed by atoms with Gasteiger partial charge in [0.15, 0.2) is 0 Å². The van der Waals surface area contributed by atoms with Crippen molar-refractivity contribution in [3.63, 3.8) is 0 Å². The van der Waals surface area contributed by atoms with Gasteiger partial charge in [-0.15, -0.1) is 0 Å². The topological polar surface area (TPSA) is 12.0 Å². The summed E-state index contributed by atoms with van der Waals surface area (Å²) in [5, 5.41) is 3.61. The Hall–Kier alpha value is -0.503. The van der Waals surface area contributed by atoms with E-state index in [1.54, 1.807) is 0 Å². The van der Waals surface area contributed by atoms with Gasteiger partial charge < -0.3 is 5.32 Å². The summed E-state index contributed by atoms with van der Waals surface area (Å²) in [6.07, 6.45) is 7.59. The van der Waals surface area contributed by atoms with E-state index >= 15 is 0 Å². The van der Waals surface area contributed by atoms with E-state index in [-0.39, 0.29) is 14.3 Å². The standard InChI is InChI=1S/C11H20NSi/c1-11(2,9-13(3)4)12-10-7-5-6-8-10/h5-7,12H,8-9H2,1-4H3. The lowest BCUT2D eigenvalue weighted by Gasteiger charge is -2.29. The van der Waals surface area contributed by atoms with Gasteiger partial charge in [0, 0.05) is 26.5 Å². The number of allylic oxidation sites excluding steroid dienone is 3. The smallest absolute Gasteiger partial charge is 0.0437 e. The van der Waals surface area contributed by atoms with Gasteiger partial charge in [0.25, 0.3) is 0 Å². The summed E-state index contributed by atoms with van der Waals surface area (Å²) in [6, 6.07) is 1.31. The molecule has 1 aliphatic rings. The number of nitrogens with one attached hydrogen (secondary N) is 1. The van der Waals surface area contributed by atoms with Gasteiger partial charge in [-0.2, -0.15) is 0 Å². The van der Waals surface area contributed by atoms with Gasteiger partial charge in [-0.3, -0.25) is 0 Å². The van der Waals surface area contributed by atoms with Crippen LogP contribution in [0.25, 0.3) is 0 Å². The van der Waals surface area contributed by atoms with Crippen molar-refractivity contribution in [3.05, 3.63) is 23.9 Å². The summed E-state index contributed by atoms with van der Waals surface area (Å²) >= 11 is 0. The van der Waals surface area contributed by atoms with Crippen LogP contribution >= 0.6 is 0 Å². The third-order valence-corrected chi connectivity index (χ3v) is 3.66. The summed E-state index contributed by atoms with van der Waals surface area (Å²) < 4.78 is 0. The fourth-order valence-corrected chi connectivity index (χ4v) is 3.76. The van der Waals surface area contributed by atoms with Crippen LogP contribution in [-0.2, 0) is 0 Å². The molecule has 1 nitrogen and oxygen atoms in total. The molecule has 0 aromatic carbocycles. The van der Waals surface area contributed by atoms with Crippen LogP contribution in [0.3, 0.4) is 0 Å². The van der Waals surface area contributed by atoms with E-state index in [1.807, 2.05) is 0 Å². The quantitative estimate of drug-likeness (QED) is 0.679. The normalized spacial score (nSPS) is 16.5. The maximum atomic E-state index is 3.61. The summed E-state index contributed by atoms with van der Waals surface area (Å²) in [4.78, 5) is 0. The molecule has 0 saturated carbocycles. The van der Waals surface area contributed by atoms with E-state index in [4.69, 9.17) is 0 Å². The average Bonchev–Trinajstić information content (AvgIpc) is 2.34. The largest absolute Gasteiger partial charge is 0.384 e. The Morgan fingerprint density at radius 3 is 2.62 bits per heavy atom. The lowest BCUT2D eigenvalue weighted by atomic mass is 10.1. The first-order valence-electron chi connectivity index (χ1n) is 4.92. The molecule has 1 aliphatic carbocycles. The molecular weight excluding hydrogens is 174 g/mol. The molecule has 13 heavy (non-hydrogen) atoms. The molecule has 0 fully saturated rings. The van der Waals surface area contributed by atoms with Crippen molar-refractivity contribution >= 4 is 8.80 Å². The Balaban J connectivity index is 2.42. The summed E-state index contributed by atoms with van der Waals surface area (Å²) in [7, 11) is -0.143. The van der Waals surface area contributed by atoms with Gasteiger partial charge in [-0.1, -0.05) is 25.2 Å². The van der Waals surface area contributed by atoms with Gasteiger partial charge in [0.2, 0.25) is 0 Å². The van der Waals surface area contributed by atoms with Gasteiger partial charge >= 0.3 is 0 Å². The highest BCUT2D eigenvalue weighted by Crippen LogP contribution is 2.17. The fraction of sp³-hybridized carbons (Fsp3) is 0.636. The fourth-order valence-electron chi connectivity index (χ4n) is 1.90. The molecule has 0 aliphatic heterocycles. The first-order chi connectivity index (χ1) is 5.99. The van der Waals surface area contributed by atoms with Crippen LogP contribution in [0.5, 0.6) is 0 Å². The maximum absolute atomic E-state index is 3.61. The number of rotatable bonds is 4. The monoisotopic (exact) mass is 194 g/mol. The second-order valence-electron chi connectivity index (χ2n) is 4.72. The summed E-state index contributed by atoms with van der Waals surface area (Å²) in [5.74, 6) is 0. The van der Waals surface area contributed by atoms with Gasteiger partial charge in [0.1, 0.15) is 0 Å². The Bertz CT molecular complexity index is 226. The molecule has 73 valence electrons. The molecule has 0 unspecified atom stereocenters. The zero-order chi connectivity index (χ0) is 9.90. The highest BCUT2D eigenvalue weighted by molar-refractivity contribution is 6.56. The second kappa shape index (κ2) is 4.14. The molecule has 0 atom stereocenters. The lowest BCUT2D eigenvalue weighted by molar-refractivity contribution is 0.466. The van der Waals surface area contributed by atoms with Crippen molar-refractivity contribution in [1.82, 2.24) is 5.32 Å². The van der Waals surface area contributed by atoms with Crippen LogP contribution < -0.4 is 5.32 Å². The third-order valence-electron chi connectivity index (χ3n) is 2.07. The minimum absolute atomic E-state index is 0.143. The molecule has 1 rings (SSSR count). The molecular formula is C11H20NSi. The third kappa shape index (κ3) is 3.81. The van der Waals surface area contributed by atoms with Crippen molar-refractivity contribution in [2.24, 2.45) is 0 Å². The molecule has 0 spiro atoms. The first kappa shape index (κ1) is 10.6. The van der Waals surface area contributed by atoms with Crippen LogP contribution in [0.15, 0.2) is 23.9 Å². The summed E-state index contributed by atoms with van der Waals surface area (Å²) in [6.45, 7) is 9.33. The minimum atomic E-state index is -0.143. The van der Waals surface area contributed by atoms with E-state index in [0.717, 1.165) is 6.42 Å². The average molecular weight is 194 g/mol. The minimum Gasteiger partial charge on any atom is -0.384 e. The Kier molecular flexibility index (Phi) is 3.37. The summed E-state index contributed by atoms with van der Waals surface area (Å²) in [5.41, 5.74) is 1.64. The highest BCUT2D eigenvalue weighted by Gasteiger charge is 2.20. The zero-order valence-corrected chi connectivity index (χ0v) is 10.1. The van der Waals surface area contributed by atoms with Crippen molar-refractivity contribution in [2.45, 2.75) is 44.9 Å². The zero-order valence-electron chi connectivity index (χ0n) is 9.15. The van der Waals surface area contributed by atoms with E-state index in [2.05, 4.69) is 50.5 Å². The van der Waals surface area contributed by atoms with Crippen molar-refractivity contribution in [3.8, 4) is 0 Å². The lowest BCUT2D eigenvalue weighted by Crippen LogP contribution is -2.40. The Morgan fingerprint density at radius 2 is 2.15 bits per heavy atom. The predicted octanol–water partition coefficient (Wildman–Crippen LogP) is 2.95. The molecule has 0 aromatic rings. The van der Waals surface area contributed by atoms with E-state index < -0.39 is 0 Å². The Morgan fingerprint density at radius 1 is 1.46 bits per heavy atom. The number of hydrogen-bond donors (Lipinski definition) is 1. The van der Waals surface area contributed by atoms with E-state index in [9.17, 15) is 0 Å². The van der Waals surface area contributed by atoms with Gasteiger partial charge in [-0.05, 0) is 26.0 Å². The predicted molar refractivity (Wildman–Crippen MR) is 61.3 cm³/mol. The van der Waals surface area contributed by atoms with E-state index in [0.29, 0.717) is 0 Å². The van der Waals surface area contributed by atoms with Crippen LogP contribution in [0.4, 0.5) is 0 Å². The molecule has 2 heteroatoms. The van der Waals surface area contributed by atoms with Gasteiger partial charge in [0.05, 0.1) is 0 Å². The van der Waals surface area contributed by atoms with Crippen LogP contribution in [0.2, 0.25) is 19.1 Å². The SMILES string of the molecule is C[Si](C)CC(C)(C)NC1=CC=CC1. The van der Waals surface area contributed by atoms with Crippen LogP contribution in [0, 0.1) is 0 Å². The van der Waals surface area contributed by atoms with Crippen molar-refractivity contribution in [2.75, 3.05) is 0 Å². The van der Waals surface area contributed by atoms with Crippen molar-refractivity contribution in [1.29, 1.82) is 0 Å². The molecule has 0 aromatic heterocycles. The van der Waals surface area contributed by atoms with Crippen LogP contribution in [0.1, 0.15) is 20.3 Å². The Labute approximate surface area is 83.5 Å². The molecule has 0 bridgehead atoms. The molecule has 1 radical (unpaired) electrons. The van der Waals surface area contributed by atoms with Crippen LogP contribution in [-0.4, -0.2) is 14.3 Å². The maximum Gasteiger partial charge on any atom is 0.0437 e. The second-order valence-corrected chi connectivity index (χ2v) is 7.48. The molecule has 0 amide bonds. The molecule has 0 saturated heterocycles.